The van der Waals surface area contributed by atoms with Crippen molar-refractivity contribution < 1.29 is 4.74 Å². The molecule has 0 fully saturated rings. The van der Waals surface area contributed by atoms with Gasteiger partial charge in [0, 0.05) is 23.2 Å². The summed E-state index contributed by atoms with van der Waals surface area (Å²) in [6.07, 6.45) is 0. The number of hydrogen-bond donors (Lipinski definition) is 0. The van der Waals surface area contributed by atoms with Crippen molar-refractivity contribution >= 4 is 23.1 Å². The van der Waals surface area contributed by atoms with Gasteiger partial charge >= 0.3 is 0 Å². The van der Waals surface area contributed by atoms with Crippen LogP contribution in [0.3, 0.4) is 0 Å². The van der Waals surface area contributed by atoms with Gasteiger partial charge < -0.3 is 9.30 Å². The molecular weight excluding hydrogens is 400 g/mol. The van der Waals surface area contributed by atoms with Crippen molar-refractivity contribution in [3.8, 4) is 16.3 Å². The Morgan fingerprint density at radius 2 is 1.83 bits per heavy atom. The monoisotopic (exact) mass is 422 g/mol. The zero-order valence-corrected chi connectivity index (χ0v) is 18.0. The largest absolute Gasteiger partial charge is 0.486 e. The Hall–Kier alpha value is -2.64. The van der Waals surface area contributed by atoms with E-state index in [1.807, 2.05) is 42.5 Å². The fourth-order valence-electron chi connectivity index (χ4n) is 2.86. The molecule has 0 amide bonds. The standard InChI is InChI=1S/C22H22N4OS2/c1-3-26-20(13-27-19-11-9-16(2)10-12-19)24-25-22(26)29-15-18-14-28-21(23-18)17-7-5-4-6-8-17/h4-12,14H,3,13,15H2,1-2H3. The van der Waals surface area contributed by atoms with Gasteiger partial charge in [-0.2, -0.15) is 0 Å². The highest BCUT2D eigenvalue weighted by Gasteiger charge is 2.13. The van der Waals surface area contributed by atoms with E-state index in [-0.39, 0.29) is 0 Å². The van der Waals surface area contributed by atoms with E-state index < -0.39 is 0 Å². The molecular formula is C22H22N4OS2. The van der Waals surface area contributed by atoms with Crippen molar-refractivity contribution in [3.63, 3.8) is 0 Å². The van der Waals surface area contributed by atoms with Crippen LogP contribution in [0.4, 0.5) is 0 Å². The van der Waals surface area contributed by atoms with Crippen LogP contribution in [0, 0.1) is 6.92 Å². The maximum Gasteiger partial charge on any atom is 0.191 e. The number of thiazole rings is 1. The molecule has 0 radical (unpaired) electrons. The number of thioether (sulfide) groups is 1. The van der Waals surface area contributed by atoms with Crippen molar-refractivity contribution in [1.82, 2.24) is 19.7 Å². The molecule has 0 saturated carbocycles. The number of rotatable bonds is 8. The topological polar surface area (TPSA) is 52.8 Å². The van der Waals surface area contributed by atoms with E-state index in [2.05, 4.69) is 46.1 Å². The lowest BCUT2D eigenvalue weighted by molar-refractivity contribution is 0.288. The van der Waals surface area contributed by atoms with Crippen molar-refractivity contribution in [2.45, 2.75) is 37.9 Å². The quantitative estimate of drug-likeness (QED) is 0.346. The van der Waals surface area contributed by atoms with Crippen LogP contribution in [0.1, 0.15) is 24.0 Å². The third-order valence-electron chi connectivity index (χ3n) is 4.42. The fourth-order valence-corrected chi connectivity index (χ4v) is 4.70. The third-order valence-corrected chi connectivity index (χ3v) is 6.36. The first-order valence-corrected chi connectivity index (χ1v) is 11.3. The minimum atomic E-state index is 0.402. The second-order valence-corrected chi connectivity index (χ2v) is 8.34. The fraction of sp³-hybridized carbons (Fsp3) is 0.227. The first kappa shape index (κ1) is 19.7. The second kappa shape index (κ2) is 9.24. The van der Waals surface area contributed by atoms with Gasteiger partial charge in [-0.05, 0) is 26.0 Å². The van der Waals surface area contributed by atoms with Crippen LogP contribution in [0.25, 0.3) is 10.6 Å². The zero-order valence-electron chi connectivity index (χ0n) is 16.4. The molecule has 0 bridgehead atoms. The van der Waals surface area contributed by atoms with E-state index in [1.165, 1.54) is 5.56 Å². The molecule has 0 saturated heterocycles. The Morgan fingerprint density at radius 3 is 2.59 bits per heavy atom. The van der Waals surface area contributed by atoms with Crippen molar-refractivity contribution in [3.05, 3.63) is 77.1 Å². The Kier molecular flexibility index (Phi) is 6.27. The molecule has 2 aromatic heterocycles. The first-order chi connectivity index (χ1) is 14.2. The second-order valence-electron chi connectivity index (χ2n) is 6.54. The van der Waals surface area contributed by atoms with E-state index in [0.717, 1.165) is 45.3 Å². The molecule has 0 aliphatic carbocycles. The molecule has 0 atom stereocenters. The summed E-state index contributed by atoms with van der Waals surface area (Å²) in [5, 5.41) is 12.8. The number of hydrogen-bond acceptors (Lipinski definition) is 6. The predicted octanol–water partition coefficient (Wildman–Crippen LogP) is 5.60. The number of aromatic nitrogens is 4. The summed E-state index contributed by atoms with van der Waals surface area (Å²) in [6.45, 7) is 5.36. The molecule has 2 aromatic carbocycles. The lowest BCUT2D eigenvalue weighted by Gasteiger charge is -2.08. The van der Waals surface area contributed by atoms with Gasteiger partial charge in [-0.15, -0.1) is 21.5 Å². The number of aryl methyl sites for hydroxylation is 1. The average Bonchev–Trinajstić information content (AvgIpc) is 3.39. The number of ether oxygens (including phenoxy) is 1. The highest BCUT2D eigenvalue weighted by Crippen LogP contribution is 2.27. The summed E-state index contributed by atoms with van der Waals surface area (Å²) < 4.78 is 7.98. The molecule has 4 rings (SSSR count). The Bertz CT molecular complexity index is 1060. The van der Waals surface area contributed by atoms with Crippen molar-refractivity contribution in [1.29, 1.82) is 0 Å². The first-order valence-electron chi connectivity index (χ1n) is 9.47. The maximum atomic E-state index is 5.87. The molecule has 0 N–H and O–H groups in total. The van der Waals surface area contributed by atoms with Gasteiger partial charge in [0.2, 0.25) is 0 Å². The minimum absolute atomic E-state index is 0.402. The van der Waals surface area contributed by atoms with Gasteiger partial charge in [0.15, 0.2) is 11.0 Å². The van der Waals surface area contributed by atoms with Crippen LogP contribution in [0.5, 0.6) is 5.75 Å². The molecule has 7 heteroatoms. The SMILES string of the molecule is CCn1c(COc2ccc(C)cc2)nnc1SCc1csc(-c2ccccc2)n1. The summed E-state index contributed by atoms with van der Waals surface area (Å²) in [4.78, 5) is 4.76. The van der Waals surface area contributed by atoms with Crippen LogP contribution in [-0.2, 0) is 18.9 Å². The molecule has 0 aliphatic heterocycles. The summed E-state index contributed by atoms with van der Waals surface area (Å²) in [7, 11) is 0. The van der Waals surface area contributed by atoms with Gasteiger partial charge in [0.05, 0.1) is 5.69 Å². The minimum Gasteiger partial charge on any atom is -0.486 e. The molecule has 2 heterocycles. The van der Waals surface area contributed by atoms with Crippen LogP contribution in [0.2, 0.25) is 0 Å². The smallest absolute Gasteiger partial charge is 0.191 e. The molecule has 0 aliphatic rings. The number of benzene rings is 2. The van der Waals surface area contributed by atoms with Crippen LogP contribution in [0.15, 0.2) is 65.1 Å². The van der Waals surface area contributed by atoms with Gasteiger partial charge in [0.1, 0.15) is 17.4 Å². The van der Waals surface area contributed by atoms with E-state index in [4.69, 9.17) is 9.72 Å². The van der Waals surface area contributed by atoms with E-state index in [1.54, 1.807) is 23.1 Å². The summed E-state index contributed by atoms with van der Waals surface area (Å²) >= 11 is 3.33. The molecule has 29 heavy (non-hydrogen) atoms. The molecule has 4 aromatic rings. The van der Waals surface area contributed by atoms with Gasteiger partial charge in [-0.25, -0.2) is 4.98 Å². The summed E-state index contributed by atoms with van der Waals surface area (Å²) in [5.74, 6) is 2.44. The lowest BCUT2D eigenvalue weighted by atomic mass is 10.2. The van der Waals surface area contributed by atoms with Crippen molar-refractivity contribution in [2.24, 2.45) is 0 Å². The Balaban J connectivity index is 1.39. The van der Waals surface area contributed by atoms with Gasteiger partial charge in [0.25, 0.3) is 0 Å². The highest BCUT2D eigenvalue weighted by atomic mass is 32.2. The Labute approximate surface area is 178 Å². The average molecular weight is 423 g/mol. The van der Waals surface area contributed by atoms with Crippen molar-refractivity contribution in [2.75, 3.05) is 0 Å². The summed E-state index contributed by atoms with van der Waals surface area (Å²) in [6, 6.07) is 18.3. The van der Waals surface area contributed by atoms with Gasteiger partial charge in [-0.1, -0.05) is 59.8 Å². The molecule has 5 nitrogen and oxygen atoms in total. The lowest BCUT2D eigenvalue weighted by Crippen LogP contribution is -2.07. The van der Waals surface area contributed by atoms with Crippen LogP contribution >= 0.6 is 23.1 Å². The Morgan fingerprint density at radius 1 is 1.03 bits per heavy atom. The molecule has 148 valence electrons. The maximum absolute atomic E-state index is 5.87. The normalized spacial score (nSPS) is 11.0. The van der Waals surface area contributed by atoms with Crippen LogP contribution in [-0.4, -0.2) is 19.7 Å². The number of nitrogens with zero attached hydrogens (tertiary/aromatic N) is 4. The molecule has 0 spiro atoms. The van der Waals surface area contributed by atoms with Crippen LogP contribution < -0.4 is 4.74 Å². The van der Waals surface area contributed by atoms with Gasteiger partial charge in [-0.3, -0.25) is 0 Å². The zero-order chi connectivity index (χ0) is 20.1. The summed E-state index contributed by atoms with van der Waals surface area (Å²) in [5.41, 5.74) is 3.42. The molecule has 0 unspecified atom stereocenters. The highest BCUT2D eigenvalue weighted by molar-refractivity contribution is 7.98. The van der Waals surface area contributed by atoms with E-state index in [0.29, 0.717) is 6.61 Å². The third kappa shape index (κ3) is 4.86. The predicted molar refractivity (Wildman–Crippen MR) is 118 cm³/mol. The van der Waals surface area contributed by atoms with E-state index >= 15 is 0 Å². The van der Waals surface area contributed by atoms with E-state index in [9.17, 15) is 0 Å².